The molecule has 0 fully saturated rings. The van der Waals surface area contributed by atoms with Crippen molar-refractivity contribution in [2.45, 2.75) is 64.1 Å². The average Bonchev–Trinajstić information content (AvgIpc) is 2.96. The van der Waals surface area contributed by atoms with Gasteiger partial charge in [-0.15, -0.1) is 0 Å². The molecule has 8 nitrogen and oxygen atoms in total. The van der Waals surface area contributed by atoms with Gasteiger partial charge in [-0.2, -0.15) is 0 Å². The number of nitrogens with one attached hydrogen (secondary N) is 1. The van der Waals surface area contributed by atoms with Crippen LogP contribution in [-0.2, 0) is 26.2 Å². The van der Waals surface area contributed by atoms with E-state index in [9.17, 15) is 22.4 Å². The zero-order chi connectivity index (χ0) is 30.2. The smallest absolute Gasteiger partial charge is 0.264 e. The highest BCUT2D eigenvalue weighted by molar-refractivity contribution is 7.92. The van der Waals surface area contributed by atoms with Crippen molar-refractivity contribution in [1.29, 1.82) is 0 Å². The van der Waals surface area contributed by atoms with Gasteiger partial charge >= 0.3 is 0 Å². The number of aryl methyl sites for hydroxylation is 1. The number of ether oxygens (including phenoxy) is 1. The van der Waals surface area contributed by atoms with Crippen molar-refractivity contribution < 1.29 is 27.1 Å². The quantitative estimate of drug-likeness (QED) is 0.304. The van der Waals surface area contributed by atoms with Crippen LogP contribution in [0.2, 0.25) is 0 Å². The number of sulfonamides is 1. The molecule has 0 aromatic heterocycles. The first-order chi connectivity index (χ1) is 19.5. The van der Waals surface area contributed by atoms with Crippen LogP contribution < -0.4 is 14.4 Å². The van der Waals surface area contributed by atoms with Crippen molar-refractivity contribution in [3.05, 3.63) is 89.7 Å². The molecule has 2 atom stereocenters. The maximum atomic E-state index is 14.1. The summed E-state index contributed by atoms with van der Waals surface area (Å²) in [6.07, 6.45) is 0.997. The molecule has 0 aliphatic carbocycles. The van der Waals surface area contributed by atoms with Gasteiger partial charge in [0, 0.05) is 12.6 Å². The van der Waals surface area contributed by atoms with Gasteiger partial charge in [-0.05, 0) is 80.8 Å². The topological polar surface area (TPSA) is 96.0 Å². The van der Waals surface area contributed by atoms with E-state index in [1.54, 1.807) is 55.5 Å². The maximum absolute atomic E-state index is 14.1. The van der Waals surface area contributed by atoms with Crippen LogP contribution in [-0.4, -0.2) is 50.9 Å². The summed E-state index contributed by atoms with van der Waals surface area (Å²) in [6, 6.07) is 17.4. The molecule has 0 aliphatic rings. The van der Waals surface area contributed by atoms with E-state index in [0.29, 0.717) is 24.2 Å². The molecule has 3 aromatic rings. The number of hydrogen-bond donors (Lipinski definition) is 1. The molecule has 220 valence electrons. The van der Waals surface area contributed by atoms with Crippen molar-refractivity contribution in [1.82, 2.24) is 10.2 Å². The molecule has 0 radical (unpaired) electrons. The molecule has 41 heavy (non-hydrogen) atoms. The van der Waals surface area contributed by atoms with Crippen molar-refractivity contribution in [3.8, 4) is 5.75 Å². The molecule has 2 unspecified atom stereocenters. The molecule has 0 saturated heterocycles. The second-order valence-corrected chi connectivity index (χ2v) is 11.8. The van der Waals surface area contributed by atoms with E-state index < -0.39 is 34.3 Å². The number of rotatable bonds is 13. The highest BCUT2D eigenvalue weighted by Gasteiger charge is 2.34. The van der Waals surface area contributed by atoms with E-state index in [4.69, 9.17) is 4.74 Å². The highest BCUT2D eigenvalue weighted by atomic mass is 32.2. The Morgan fingerprint density at radius 3 is 2.07 bits per heavy atom. The number of anilines is 1. The van der Waals surface area contributed by atoms with Gasteiger partial charge < -0.3 is 15.0 Å². The fourth-order valence-electron chi connectivity index (χ4n) is 4.26. The van der Waals surface area contributed by atoms with Crippen LogP contribution in [0.4, 0.5) is 10.1 Å². The van der Waals surface area contributed by atoms with Crippen molar-refractivity contribution >= 4 is 27.5 Å². The molecule has 10 heteroatoms. The fraction of sp³-hybridized carbons (Fsp3) is 0.355. The van der Waals surface area contributed by atoms with E-state index in [2.05, 4.69) is 5.32 Å². The van der Waals surface area contributed by atoms with Gasteiger partial charge in [-0.25, -0.2) is 12.8 Å². The highest BCUT2D eigenvalue weighted by Crippen LogP contribution is 2.27. The lowest BCUT2D eigenvalue weighted by Crippen LogP contribution is -2.53. The van der Waals surface area contributed by atoms with Crippen LogP contribution in [0.1, 0.15) is 44.7 Å². The number of benzene rings is 3. The molecule has 3 rings (SSSR count). The van der Waals surface area contributed by atoms with Crippen LogP contribution in [0.15, 0.2) is 77.7 Å². The minimum absolute atomic E-state index is 0.00736. The number of nitrogens with zero attached hydrogens (tertiary/aromatic N) is 2. The molecular formula is C31H38FN3O5S. The van der Waals surface area contributed by atoms with Gasteiger partial charge in [0.05, 0.1) is 17.7 Å². The maximum Gasteiger partial charge on any atom is 0.264 e. The third kappa shape index (κ3) is 8.07. The van der Waals surface area contributed by atoms with Crippen LogP contribution in [0, 0.1) is 12.7 Å². The first-order valence-electron chi connectivity index (χ1n) is 13.6. The summed E-state index contributed by atoms with van der Waals surface area (Å²) in [5.41, 5.74) is 1.75. The molecule has 0 spiro atoms. The Labute approximate surface area is 242 Å². The SMILES string of the molecule is CCC(C)NC(=O)C(CC)N(Cc1ccc(F)cc1)C(=O)CN(c1ccc(OC)cc1)S(=O)(=O)c1ccc(C)cc1. The summed E-state index contributed by atoms with van der Waals surface area (Å²) in [5, 5.41) is 2.93. The Kier molecular flexibility index (Phi) is 10.9. The number of methoxy groups -OCH3 is 1. The van der Waals surface area contributed by atoms with Crippen molar-refractivity contribution in [3.63, 3.8) is 0 Å². The summed E-state index contributed by atoms with van der Waals surface area (Å²) in [7, 11) is -2.68. The Balaban J connectivity index is 2.05. The standard InChI is InChI=1S/C31H38FN3O5S/c1-6-23(4)33-31(37)29(7-2)34(20-24-10-12-25(32)13-11-24)30(36)21-35(26-14-16-27(40-5)17-15-26)41(38,39)28-18-8-22(3)9-19-28/h8-19,23,29H,6-7,20-21H2,1-5H3,(H,33,37). The second kappa shape index (κ2) is 14.1. The van der Waals surface area contributed by atoms with E-state index >= 15 is 0 Å². The molecular weight excluding hydrogens is 545 g/mol. The zero-order valence-electron chi connectivity index (χ0n) is 24.1. The number of carbonyl (C=O) groups excluding carboxylic acids is 2. The van der Waals surface area contributed by atoms with Gasteiger partial charge in [0.15, 0.2) is 0 Å². The number of halogens is 1. The molecule has 2 amide bonds. The van der Waals surface area contributed by atoms with Crippen LogP contribution in [0.3, 0.4) is 0 Å². The number of amides is 2. The van der Waals surface area contributed by atoms with Gasteiger partial charge in [-0.3, -0.25) is 13.9 Å². The Morgan fingerprint density at radius 2 is 1.54 bits per heavy atom. The minimum atomic E-state index is -4.18. The largest absolute Gasteiger partial charge is 0.497 e. The minimum Gasteiger partial charge on any atom is -0.497 e. The van der Waals surface area contributed by atoms with E-state index in [1.807, 2.05) is 20.8 Å². The van der Waals surface area contributed by atoms with Gasteiger partial charge in [-0.1, -0.05) is 43.7 Å². The average molecular weight is 584 g/mol. The second-order valence-electron chi connectivity index (χ2n) is 9.91. The van der Waals surface area contributed by atoms with E-state index in [1.165, 1.54) is 36.3 Å². The first-order valence-corrected chi connectivity index (χ1v) is 15.0. The lowest BCUT2D eigenvalue weighted by Gasteiger charge is -2.33. The molecule has 0 saturated carbocycles. The van der Waals surface area contributed by atoms with Gasteiger partial charge in [0.25, 0.3) is 10.0 Å². The number of carbonyl (C=O) groups is 2. The van der Waals surface area contributed by atoms with Crippen LogP contribution >= 0.6 is 0 Å². The summed E-state index contributed by atoms with van der Waals surface area (Å²) in [5.74, 6) is -0.816. The molecule has 0 aliphatic heterocycles. The molecule has 0 heterocycles. The fourth-order valence-corrected chi connectivity index (χ4v) is 5.68. The van der Waals surface area contributed by atoms with Gasteiger partial charge in [0.1, 0.15) is 24.2 Å². The van der Waals surface area contributed by atoms with Crippen LogP contribution in [0.5, 0.6) is 5.75 Å². The summed E-state index contributed by atoms with van der Waals surface area (Å²) < 4.78 is 47.7. The number of hydrogen-bond acceptors (Lipinski definition) is 5. The normalized spacial score (nSPS) is 12.7. The van der Waals surface area contributed by atoms with Crippen molar-refractivity contribution in [2.24, 2.45) is 0 Å². The summed E-state index contributed by atoms with van der Waals surface area (Å²) in [4.78, 5) is 28.7. The first kappa shape index (κ1) is 31.6. The van der Waals surface area contributed by atoms with E-state index in [0.717, 1.165) is 9.87 Å². The lowest BCUT2D eigenvalue weighted by molar-refractivity contribution is -0.140. The Morgan fingerprint density at radius 1 is 0.927 bits per heavy atom. The zero-order valence-corrected chi connectivity index (χ0v) is 24.9. The Bertz CT molecular complexity index is 1410. The van der Waals surface area contributed by atoms with Gasteiger partial charge in [0.2, 0.25) is 11.8 Å². The van der Waals surface area contributed by atoms with Crippen molar-refractivity contribution in [2.75, 3.05) is 18.0 Å². The molecule has 3 aromatic carbocycles. The third-order valence-electron chi connectivity index (χ3n) is 6.90. The molecule has 0 bridgehead atoms. The lowest BCUT2D eigenvalue weighted by atomic mass is 10.1. The molecule has 1 N–H and O–H groups in total. The predicted molar refractivity (Wildman–Crippen MR) is 158 cm³/mol. The third-order valence-corrected chi connectivity index (χ3v) is 8.69. The van der Waals surface area contributed by atoms with E-state index in [-0.39, 0.29) is 29.1 Å². The monoisotopic (exact) mass is 583 g/mol. The predicted octanol–water partition coefficient (Wildman–Crippen LogP) is 5.06. The summed E-state index contributed by atoms with van der Waals surface area (Å²) in [6.45, 7) is 6.88. The summed E-state index contributed by atoms with van der Waals surface area (Å²) >= 11 is 0. The Hall–Kier alpha value is -3.92. The van der Waals surface area contributed by atoms with Crippen LogP contribution in [0.25, 0.3) is 0 Å².